The van der Waals surface area contributed by atoms with Crippen LogP contribution in [0.25, 0.3) is 0 Å². The summed E-state index contributed by atoms with van der Waals surface area (Å²) in [5, 5.41) is 3.06. The Morgan fingerprint density at radius 1 is 1.56 bits per heavy atom. The quantitative estimate of drug-likeness (QED) is 0.774. The van der Waals surface area contributed by atoms with E-state index in [1.165, 1.54) is 0 Å². The van der Waals surface area contributed by atoms with Gasteiger partial charge in [-0.25, -0.2) is 0 Å². The first-order valence-electron chi connectivity index (χ1n) is 5.65. The van der Waals surface area contributed by atoms with E-state index in [1.54, 1.807) is 7.11 Å². The summed E-state index contributed by atoms with van der Waals surface area (Å²) in [5.74, 6) is 0.356. The zero-order valence-corrected chi connectivity index (χ0v) is 11.5. The molecule has 1 rings (SSSR count). The third kappa shape index (κ3) is 2.35. The van der Waals surface area contributed by atoms with Crippen LogP contribution in [0.4, 0.5) is 0 Å². The minimum atomic E-state index is -0.504. The highest BCUT2D eigenvalue weighted by Crippen LogP contribution is 2.42. The second kappa shape index (κ2) is 4.53. The molecule has 16 heavy (non-hydrogen) atoms. The van der Waals surface area contributed by atoms with Gasteiger partial charge in [-0.05, 0) is 20.3 Å². The number of carbonyl (C=O) groups excluding carboxylic acids is 1. The van der Waals surface area contributed by atoms with Crippen LogP contribution in [0.2, 0.25) is 0 Å². The first-order valence-corrected chi connectivity index (χ1v) is 6.19. The van der Waals surface area contributed by atoms with Crippen LogP contribution in [0, 0.1) is 10.8 Å². The van der Waals surface area contributed by atoms with Crippen molar-refractivity contribution in [1.82, 2.24) is 5.32 Å². The van der Waals surface area contributed by atoms with Crippen molar-refractivity contribution in [3.8, 4) is 0 Å². The van der Waals surface area contributed by atoms with Gasteiger partial charge < -0.3 is 10.1 Å². The number of hydrogen-bond donors (Lipinski definition) is 1. The maximum atomic E-state index is 11.9. The molecule has 2 atom stereocenters. The third-order valence-electron chi connectivity index (χ3n) is 3.72. The van der Waals surface area contributed by atoms with Gasteiger partial charge in [0.15, 0.2) is 0 Å². The SMILES string of the molecule is COC1CC(NC(=O)C(C)(C)CCl)C1(C)C. The summed E-state index contributed by atoms with van der Waals surface area (Å²) in [7, 11) is 1.72. The lowest BCUT2D eigenvalue weighted by atomic mass is 9.64. The Bertz CT molecular complexity index is 276. The largest absolute Gasteiger partial charge is 0.381 e. The van der Waals surface area contributed by atoms with Crippen molar-refractivity contribution in [3.63, 3.8) is 0 Å². The van der Waals surface area contributed by atoms with E-state index in [0.717, 1.165) is 6.42 Å². The minimum absolute atomic E-state index is 0.00675. The minimum Gasteiger partial charge on any atom is -0.381 e. The Kier molecular flexibility index (Phi) is 3.91. The summed E-state index contributed by atoms with van der Waals surface area (Å²) >= 11 is 5.77. The van der Waals surface area contributed by atoms with Crippen LogP contribution in [0.5, 0.6) is 0 Å². The van der Waals surface area contributed by atoms with Crippen molar-refractivity contribution in [2.45, 2.75) is 46.3 Å². The molecular weight excluding hydrogens is 226 g/mol. The van der Waals surface area contributed by atoms with Gasteiger partial charge in [0.2, 0.25) is 5.91 Å². The van der Waals surface area contributed by atoms with Gasteiger partial charge >= 0.3 is 0 Å². The van der Waals surface area contributed by atoms with E-state index < -0.39 is 5.41 Å². The molecule has 0 aromatic carbocycles. The van der Waals surface area contributed by atoms with Gasteiger partial charge in [-0.2, -0.15) is 0 Å². The molecule has 1 saturated carbocycles. The molecule has 0 aliphatic heterocycles. The number of methoxy groups -OCH3 is 1. The number of amides is 1. The number of alkyl halides is 1. The normalized spacial score (nSPS) is 28.4. The molecule has 0 radical (unpaired) electrons. The summed E-state index contributed by atoms with van der Waals surface area (Å²) in [6.45, 7) is 7.94. The Morgan fingerprint density at radius 2 is 2.12 bits per heavy atom. The Hall–Kier alpha value is -0.280. The van der Waals surface area contributed by atoms with Crippen LogP contribution in [-0.2, 0) is 9.53 Å². The molecular formula is C12H22ClNO2. The lowest BCUT2D eigenvalue weighted by Crippen LogP contribution is -2.63. The smallest absolute Gasteiger partial charge is 0.227 e. The summed E-state index contributed by atoms with van der Waals surface area (Å²) in [6, 6.07) is 0.187. The highest BCUT2D eigenvalue weighted by molar-refractivity contribution is 6.19. The maximum absolute atomic E-state index is 11.9. The number of ether oxygens (including phenoxy) is 1. The molecule has 0 spiro atoms. The van der Waals surface area contributed by atoms with E-state index in [0.29, 0.717) is 5.88 Å². The molecule has 0 heterocycles. The number of rotatable bonds is 4. The van der Waals surface area contributed by atoms with Gasteiger partial charge in [0.05, 0.1) is 11.5 Å². The molecule has 0 aromatic rings. The Morgan fingerprint density at radius 3 is 2.50 bits per heavy atom. The average Bonchev–Trinajstić information content (AvgIpc) is 2.22. The van der Waals surface area contributed by atoms with Gasteiger partial charge in [-0.3, -0.25) is 4.79 Å². The molecule has 94 valence electrons. The molecule has 1 fully saturated rings. The molecule has 1 N–H and O–H groups in total. The maximum Gasteiger partial charge on any atom is 0.227 e. The van der Waals surface area contributed by atoms with E-state index in [1.807, 2.05) is 13.8 Å². The number of halogens is 1. The van der Waals surface area contributed by atoms with E-state index in [2.05, 4.69) is 19.2 Å². The van der Waals surface area contributed by atoms with Crippen molar-refractivity contribution in [1.29, 1.82) is 0 Å². The molecule has 3 nitrogen and oxygen atoms in total. The van der Waals surface area contributed by atoms with Gasteiger partial charge in [0, 0.05) is 24.4 Å². The van der Waals surface area contributed by atoms with Crippen LogP contribution >= 0.6 is 11.6 Å². The van der Waals surface area contributed by atoms with Crippen LogP contribution in [0.3, 0.4) is 0 Å². The molecule has 0 saturated heterocycles. The number of hydrogen-bond acceptors (Lipinski definition) is 2. The molecule has 0 bridgehead atoms. The second-order valence-corrected chi connectivity index (χ2v) is 6.09. The van der Waals surface area contributed by atoms with Crippen molar-refractivity contribution >= 4 is 17.5 Å². The Labute approximate surface area is 103 Å². The summed E-state index contributed by atoms with van der Waals surface area (Å²) in [4.78, 5) is 11.9. The van der Waals surface area contributed by atoms with Crippen molar-refractivity contribution in [3.05, 3.63) is 0 Å². The number of nitrogens with one attached hydrogen (secondary N) is 1. The fourth-order valence-corrected chi connectivity index (χ4v) is 2.07. The standard InChI is InChI=1S/C12H22ClNO2/c1-11(2,7-13)10(15)14-8-6-9(16-5)12(8,3)4/h8-9H,6-7H2,1-5H3,(H,14,15). The van der Waals surface area contributed by atoms with E-state index in [4.69, 9.17) is 16.3 Å². The molecule has 1 aliphatic carbocycles. The second-order valence-electron chi connectivity index (χ2n) is 5.82. The van der Waals surface area contributed by atoms with Gasteiger partial charge in [0.1, 0.15) is 0 Å². The fraction of sp³-hybridized carbons (Fsp3) is 0.917. The van der Waals surface area contributed by atoms with E-state index >= 15 is 0 Å². The molecule has 0 aromatic heterocycles. The predicted octanol–water partition coefficient (Wildman–Crippen LogP) is 2.18. The van der Waals surface area contributed by atoms with Gasteiger partial charge in [-0.1, -0.05) is 13.8 Å². The van der Waals surface area contributed by atoms with E-state index in [9.17, 15) is 4.79 Å². The zero-order valence-electron chi connectivity index (χ0n) is 10.8. The van der Waals surface area contributed by atoms with Crippen LogP contribution < -0.4 is 5.32 Å². The first kappa shape index (κ1) is 13.8. The monoisotopic (exact) mass is 247 g/mol. The molecule has 2 unspecified atom stereocenters. The molecule has 4 heteroatoms. The average molecular weight is 248 g/mol. The molecule has 1 aliphatic rings. The zero-order chi connectivity index (χ0) is 12.6. The van der Waals surface area contributed by atoms with Crippen molar-refractivity contribution in [2.24, 2.45) is 10.8 Å². The number of carbonyl (C=O) groups is 1. The van der Waals surface area contributed by atoms with Crippen molar-refractivity contribution in [2.75, 3.05) is 13.0 Å². The molecule has 1 amide bonds. The van der Waals surface area contributed by atoms with Crippen LogP contribution in [0.1, 0.15) is 34.1 Å². The third-order valence-corrected chi connectivity index (χ3v) is 4.38. The summed E-state index contributed by atoms with van der Waals surface area (Å²) in [5.41, 5.74) is -0.497. The van der Waals surface area contributed by atoms with Crippen molar-refractivity contribution < 1.29 is 9.53 Å². The predicted molar refractivity (Wildman–Crippen MR) is 65.6 cm³/mol. The van der Waals surface area contributed by atoms with Gasteiger partial charge in [0.25, 0.3) is 0 Å². The Balaban J connectivity index is 2.55. The lowest BCUT2D eigenvalue weighted by Gasteiger charge is -2.51. The van der Waals surface area contributed by atoms with E-state index in [-0.39, 0.29) is 23.5 Å². The topological polar surface area (TPSA) is 38.3 Å². The highest BCUT2D eigenvalue weighted by atomic mass is 35.5. The highest BCUT2D eigenvalue weighted by Gasteiger charge is 2.50. The summed E-state index contributed by atoms with van der Waals surface area (Å²) in [6.07, 6.45) is 1.12. The van der Waals surface area contributed by atoms with Crippen LogP contribution in [-0.4, -0.2) is 31.0 Å². The fourth-order valence-electron chi connectivity index (χ4n) is 1.94. The lowest BCUT2D eigenvalue weighted by molar-refractivity contribution is -0.139. The summed E-state index contributed by atoms with van der Waals surface area (Å²) < 4.78 is 5.35. The first-order chi connectivity index (χ1) is 7.25. The van der Waals surface area contributed by atoms with Crippen LogP contribution in [0.15, 0.2) is 0 Å². The van der Waals surface area contributed by atoms with Gasteiger partial charge in [-0.15, -0.1) is 11.6 Å².